The summed E-state index contributed by atoms with van der Waals surface area (Å²) in [6.45, 7) is 0. The second kappa shape index (κ2) is 9.43. The van der Waals surface area contributed by atoms with Crippen molar-refractivity contribution >= 4 is 35.2 Å². The van der Waals surface area contributed by atoms with Crippen molar-refractivity contribution in [2.75, 3.05) is 11.1 Å². The molecule has 0 heterocycles. The molecular weight excluding hydrogens is 386 g/mol. The quantitative estimate of drug-likeness (QED) is 0.341. The monoisotopic (exact) mass is 404 g/mol. The van der Waals surface area contributed by atoms with Crippen molar-refractivity contribution < 1.29 is 18.4 Å². The molecule has 3 aromatic carbocycles. The van der Waals surface area contributed by atoms with Crippen LogP contribution < -0.4 is 11.1 Å². The number of nitrogens with two attached hydrogens (primary N) is 1. The molecule has 3 N–H and O–H groups in total. The Hall–Kier alpha value is -4.06. The average molecular weight is 404 g/mol. The van der Waals surface area contributed by atoms with Gasteiger partial charge in [0.1, 0.15) is 11.6 Å². The Kier molecular flexibility index (Phi) is 6.49. The fourth-order valence-electron chi connectivity index (χ4n) is 2.64. The zero-order chi connectivity index (χ0) is 21.5. The van der Waals surface area contributed by atoms with Crippen molar-refractivity contribution in [2.45, 2.75) is 0 Å². The maximum Gasteiger partial charge on any atom is 0.248 e. The fourth-order valence-corrected chi connectivity index (χ4v) is 2.64. The number of rotatable bonds is 6. The van der Waals surface area contributed by atoms with E-state index in [1.807, 2.05) is 6.07 Å². The Bertz CT molecular complexity index is 1140. The molecule has 6 heteroatoms. The van der Waals surface area contributed by atoms with Crippen molar-refractivity contribution in [2.24, 2.45) is 0 Å². The van der Waals surface area contributed by atoms with Crippen molar-refractivity contribution in [3.63, 3.8) is 0 Å². The zero-order valence-electron chi connectivity index (χ0n) is 15.8. The smallest absolute Gasteiger partial charge is 0.248 e. The van der Waals surface area contributed by atoms with Crippen LogP contribution in [0.3, 0.4) is 0 Å². The third-order valence-corrected chi connectivity index (χ3v) is 4.17. The molecule has 0 atom stereocenters. The largest absolute Gasteiger partial charge is 0.397 e. The van der Waals surface area contributed by atoms with Gasteiger partial charge in [-0.15, -0.1) is 0 Å². The second-order valence-electron chi connectivity index (χ2n) is 6.43. The van der Waals surface area contributed by atoms with E-state index in [4.69, 9.17) is 5.73 Å². The van der Waals surface area contributed by atoms with Crippen molar-refractivity contribution in [1.82, 2.24) is 0 Å². The molecule has 4 nitrogen and oxygen atoms in total. The summed E-state index contributed by atoms with van der Waals surface area (Å²) in [5.74, 6) is -1.54. The van der Waals surface area contributed by atoms with Crippen molar-refractivity contribution in [3.8, 4) is 0 Å². The van der Waals surface area contributed by atoms with Crippen LogP contribution >= 0.6 is 0 Å². The Morgan fingerprint density at radius 2 is 1.43 bits per heavy atom. The third kappa shape index (κ3) is 5.72. The van der Waals surface area contributed by atoms with Crippen molar-refractivity contribution in [1.29, 1.82) is 0 Å². The molecule has 3 aromatic rings. The highest BCUT2D eigenvalue weighted by Gasteiger charge is 2.04. The summed E-state index contributed by atoms with van der Waals surface area (Å²) in [6.07, 6.45) is 5.98. The lowest BCUT2D eigenvalue weighted by atomic mass is 10.1. The first-order valence-corrected chi connectivity index (χ1v) is 9.03. The molecule has 0 fully saturated rings. The number of carbonyl (C=O) groups is 2. The van der Waals surface area contributed by atoms with E-state index in [1.54, 1.807) is 30.4 Å². The third-order valence-electron chi connectivity index (χ3n) is 4.17. The number of allylic oxidation sites excluding steroid dienone is 1. The summed E-state index contributed by atoms with van der Waals surface area (Å²) in [7, 11) is 0. The van der Waals surface area contributed by atoms with Gasteiger partial charge in [0.2, 0.25) is 5.91 Å². The van der Waals surface area contributed by atoms with Crippen LogP contribution in [0.1, 0.15) is 21.5 Å². The maximum atomic E-state index is 13.1. The number of carbonyl (C=O) groups excluding carboxylic acids is 2. The van der Waals surface area contributed by atoms with E-state index in [0.29, 0.717) is 11.3 Å². The minimum Gasteiger partial charge on any atom is -0.397 e. The zero-order valence-corrected chi connectivity index (χ0v) is 15.8. The summed E-state index contributed by atoms with van der Waals surface area (Å²) in [4.78, 5) is 24.2. The Balaban J connectivity index is 1.65. The molecular formula is C24H18F2N2O2. The van der Waals surface area contributed by atoms with Gasteiger partial charge in [0.05, 0.1) is 11.4 Å². The molecule has 0 saturated carbocycles. The van der Waals surface area contributed by atoms with Crippen LogP contribution in [0, 0.1) is 11.6 Å². The first-order chi connectivity index (χ1) is 14.4. The number of nitrogens with one attached hydrogen (secondary N) is 1. The molecule has 0 aromatic heterocycles. The van der Waals surface area contributed by atoms with Crippen molar-refractivity contribution in [3.05, 3.63) is 107 Å². The minimum atomic E-state index is -0.483. The lowest BCUT2D eigenvalue weighted by Crippen LogP contribution is -2.09. The van der Waals surface area contributed by atoms with Crippen LogP contribution in [0.4, 0.5) is 20.2 Å². The van der Waals surface area contributed by atoms with Crippen LogP contribution in [0.2, 0.25) is 0 Å². The van der Waals surface area contributed by atoms with Crippen LogP contribution in [0.15, 0.2) is 78.9 Å². The van der Waals surface area contributed by atoms with Gasteiger partial charge in [-0.3, -0.25) is 9.59 Å². The summed E-state index contributed by atoms with van der Waals surface area (Å²) in [6, 6.07) is 16.2. The molecule has 0 spiro atoms. The van der Waals surface area contributed by atoms with Gasteiger partial charge < -0.3 is 11.1 Å². The average Bonchev–Trinajstić information content (AvgIpc) is 2.73. The van der Waals surface area contributed by atoms with Crippen LogP contribution in [0.5, 0.6) is 0 Å². The van der Waals surface area contributed by atoms with E-state index in [2.05, 4.69) is 5.32 Å². The molecule has 0 aliphatic heterocycles. The Labute approximate surface area is 172 Å². The second-order valence-corrected chi connectivity index (χ2v) is 6.43. The van der Waals surface area contributed by atoms with Gasteiger partial charge in [-0.05, 0) is 71.8 Å². The summed E-state index contributed by atoms with van der Waals surface area (Å²) in [5.41, 5.74) is 8.02. The van der Waals surface area contributed by atoms with E-state index < -0.39 is 17.5 Å². The number of hydrogen-bond acceptors (Lipinski definition) is 3. The lowest BCUT2D eigenvalue weighted by Gasteiger charge is -2.05. The maximum absolute atomic E-state index is 13.1. The van der Waals surface area contributed by atoms with Gasteiger partial charge in [-0.25, -0.2) is 8.78 Å². The van der Waals surface area contributed by atoms with E-state index in [-0.39, 0.29) is 11.5 Å². The lowest BCUT2D eigenvalue weighted by molar-refractivity contribution is -0.111. The summed E-state index contributed by atoms with van der Waals surface area (Å²) in [5, 5.41) is 2.58. The fraction of sp³-hybridized carbons (Fsp3) is 0. The molecule has 0 unspecified atom stereocenters. The molecule has 3 rings (SSSR count). The highest BCUT2D eigenvalue weighted by atomic mass is 19.1. The Morgan fingerprint density at radius 1 is 0.800 bits per heavy atom. The molecule has 0 aliphatic carbocycles. The van der Waals surface area contributed by atoms with Gasteiger partial charge in [0, 0.05) is 11.6 Å². The van der Waals surface area contributed by atoms with Gasteiger partial charge in [0.15, 0.2) is 5.78 Å². The number of benzene rings is 3. The molecule has 0 saturated heterocycles. The number of amides is 1. The highest BCUT2D eigenvalue weighted by molar-refractivity contribution is 6.07. The topological polar surface area (TPSA) is 72.2 Å². The molecule has 150 valence electrons. The van der Waals surface area contributed by atoms with E-state index in [0.717, 1.165) is 17.2 Å². The van der Waals surface area contributed by atoms with Gasteiger partial charge in [-0.1, -0.05) is 24.3 Å². The summed E-state index contributed by atoms with van der Waals surface area (Å²) < 4.78 is 26.0. The van der Waals surface area contributed by atoms with Crippen LogP contribution in [-0.2, 0) is 4.79 Å². The number of ketones is 1. The number of anilines is 2. The SMILES string of the molecule is Nc1cc(F)ccc1NC(=O)/C=C/c1cccc(/C=C/C(=O)c2ccc(F)cc2)c1. The highest BCUT2D eigenvalue weighted by Crippen LogP contribution is 2.19. The van der Waals surface area contributed by atoms with E-state index in [1.165, 1.54) is 48.6 Å². The molecule has 1 amide bonds. The summed E-state index contributed by atoms with van der Waals surface area (Å²) >= 11 is 0. The minimum absolute atomic E-state index is 0.134. The van der Waals surface area contributed by atoms with E-state index in [9.17, 15) is 18.4 Å². The first kappa shape index (κ1) is 20.7. The molecule has 0 radical (unpaired) electrons. The molecule has 0 aliphatic rings. The normalized spacial score (nSPS) is 11.1. The van der Waals surface area contributed by atoms with Gasteiger partial charge >= 0.3 is 0 Å². The van der Waals surface area contributed by atoms with E-state index >= 15 is 0 Å². The number of nitrogen functional groups attached to an aromatic ring is 1. The predicted molar refractivity (Wildman–Crippen MR) is 115 cm³/mol. The first-order valence-electron chi connectivity index (χ1n) is 9.03. The van der Waals surface area contributed by atoms with Crippen LogP contribution in [-0.4, -0.2) is 11.7 Å². The molecule has 30 heavy (non-hydrogen) atoms. The predicted octanol–water partition coefficient (Wildman–Crippen LogP) is 5.10. The molecule has 0 bridgehead atoms. The standard InChI is InChI=1S/C24H18F2N2O2/c25-19-8-6-18(7-9-19)23(29)12-4-16-2-1-3-17(14-16)5-13-24(30)28-22-11-10-20(26)15-21(22)27/h1-15H,27H2,(H,28,30)/b12-4+,13-5+. The van der Waals surface area contributed by atoms with Crippen LogP contribution in [0.25, 0.3) is 12.2 Å². The Morgan fingerprint density at radius 3 is 2.10 bits per heavy atom. The van der Waals surface area contributed by atoms with Gasteiger partial charge in [-0.2, -0.15) is 0 Å². The number of halogens is 2. The van der Waals surface area contributed by atoms with Gasteiger partial charge in [0.25, 0.3) is 0 Å². The number of hydrogen-bond donors (Lipinski definition) is 2.